The molecule has 7 rings (SSSR count). The van der Waals surface area contributed by atoms with Crippen LogP contribution in [0.1, 0.15) is 55.4 Å². The lowest BCUT2D eigenvalue weighted by molar-refractivity contribution is -0.262. The van der Waals surface area contributed by atoms with E-state index in [4.69, 9.17) is 18.5 Å². The molecule has 6 nitrogen and oxygen atoms in total. The molecule has 0 N–H and O–H groups in total. The molecule has 0 amide bonds. The Morgan fingerprint density at radius 2 is 0.884 bits per heavy atom. The smallest absolute Gasteiger partial charge is 0.318 e. The standard InChI is InChI=1S/C36H38NO5P/c1-34(2)39-32-33(40-34)36(30-22-12-5-13-23-30,31-24-14-6-15-25-31)42-43(38,37-26-16-7-17-27-37)41-35(32,28-18-8-3-9-19-28)29-20-10-4-11-21-29/h3-6,8-15,18-25,32-33H,7,16-17,26-27H2,1-2H3/t32-,33-/m1/s1. The number of nitrogens with zero attached hydrogens (tertiary/aromatic N) is 1. The molecule has 3 heterocycles. The molecule has 4 aromatic rings. The summed E-state index contributed by atoms with van der Waals surface area (Å²) >= 11 is 0. The number of ether oxygens (including phenoxy) is 2. The van der Waals surface area contributed by atoms with E-state index in [1.807, 2.05) is 140 Å². The van der Waals surface area contributed by atoms with E-state index in [-0.39, 0.29) is 0 Å². The summed E-state index contributed by atoms with van der Waals surface area (Å²) in [7, 11) is -4.06. The van der Waals surface area contributed by atoms with E-state index in [1.54, 1.807) is 0 Å². The first-order chi connectivity index (χ1) is 20.9. The second-order valence-corrected chi connectivity index (χ2v) is 13.9. The van der Waals surface area contributed by atoms with Crippen molar-refractivity contribution < 1.29 is 23.4 Å². The monoisotopic (exact) mass is 595 g/mol. The van der Waals surface area contributed by atoms with E-state index in [0.717, 1.165) is 41.5 Å². The van der Waals surface area contributed by atoms with Gasteiger partial charge in [0.05, 0.1) is 0 Å². The van der Waals surface area contributed by atoms with Crippen molar-refractivity contribution >= 4 is 8.09 Å². The average molecular weight is 596 g/mol. The number of hydrogen-bond acceptors (Lipinski definition) is 6. The SMILES string of the molecule is CC1(C)O[C@@H]2[C@@H](O1)C(c1ccccc1)(c1ccccc1)O[P+]([O-])(N1CCCCC1)OC2(c1ccccc1)c1ccccc1. The minimum absolute atomic E-state index is 0.610. The molecule has 3 saturated heterocycles. The van der Waals surface area contributed by atoms with Gasteiger partial charge in [0.15, 0.2) is 17.0 Å². The van der Waals surface area contributed by atoms with Crippen molar-refractivity contribution in [1.82, 2.24) is 4.67 Å². The Balaban J connectivity index is 1.59. The van der Waals surface area contributed by atoms with Crippen molar-refractivity contribution in [2.45, 2.75) is 62.3 Å². The molecule has 3 fully saturated rings. The molecule has 0 radical (unpaired) electrons. The van der Waals surface area contributed by atoms with Crippen LogP contribution < -0.4 is 4.89 Å². The largest absolute Gasteiger partial charge is 0.616 e. The predicted octanol–water partition coefficient (Wildman–Crippen LogP) is 6.96. The predicted molar refractivity (Wildman–Crippen MR) is 166 cm³/mol. The minimum Gasteiger partial charge on any atom is -0.616 e. The molecule has 2 atom stereocenters. The first-order valence-electron chi connectivity index (χ1n) is 15.2. The molecular weight excluding hydrogens is 557 g/mol. The van der Waals surface area contributed by atoms with E-state index in [0.29, 0.717) is 13.1 Å². The van der Waals surface area contributed by atoms with Gasteiger partial charge >= 0.3 is 8.09 Å². The summed E-state index contributed by atoms with van der Waals surface area (Å²) in [6, 6.07) is 40.0. The van der Waals surface area contributed by atoms with E-state index >= 15 is 4.89 Å². The topological polar surface area (TPSA) is 63.2 Å². The Labute approximate surface area is 254 Å². The molecule has 43 heavy (non-hydrogen) atoms. The van der Waals surface area contributed by atoms with Crippen LogP contribution in [0.4, 0.5) is 0 Å². The number of fused-ring (bicyclic) bond motifs is 1. The van der Waals surface area contributed by atoms with E-state index in [1.165, 1.54) is 0 Å². The Hall–Kier alpha value is -2.93. The van der Waals surface area contributed by atoms with Gasteiger partial charge in [0.2, 0.25) is 0 Å². The van der Waals surface area contributed by atoms with Gasteiger partial charge in [0.1, 0.15) is 12.2 Å². The molecule has 0 saturated carbocycles. The third-order valence-corrected chi connectivity index (χ3v) is 11.0. The summed E-state index contributed by atoms with van der Waals surface area (Å²) in [5, 5.41) is 0. The van der Waals surface area contributed by atoms with Crippen LogP contribution in [-0.4, -0.2) is 35.8 Å². The van der Waals surface area contributed by atoms with Crippen molar-refractivity contribution in [1.29, 1.82) is 0 Å². The summed E-state index contributed by atoms with van der Waals surface area (Å²) in [6.45, 7) is 5.07. The highest BCUT2D eigenvalue weighted by atomic mass is 31.2. The summed E-state index contributed by atoms with van der Waals surface area (Å²) in [5.41, 5.74) is 0.675. The Bertz CT molecular complexity index is 1330. The number of piperidine rings is 1. The maximum Gasteiger partial charge on any atom is 0.318 e. The lowest BCUT2D eigenvalue weighted by atomic mass is 9.72. The van der Waals surface area contributed by atoms with Crippen molar-refractivity contribution in [3.8, 4) is 0 Å². The Morgan fingerprint density at radius 1 is 0.558 bits per heavy atom. The molecule has 0 unspecified atom stereocenters. The fourth-order valence-electron chi connectivity index (χ4n) is 7.02. The molecule has 0 spiro atoms. The zero-order valence-corrected chi connectivity index (χ0v) is 25.6. The molecule has 0 aliphatic carbocycles. The lowest BCUT2D eigenvalue weighted by Crippen LogP contribution is -2.53. The number of benzene rings is 4. The number of hydrogen-bond donors (Lipinski definition) is 0. The Morgan fingerprint density at radius 3 is 1.21 bits per heavy atom. The third kappa shape index (κ3) is 4.86. The lowest BCUT2D eigenvalue weighted by Gasteiger charge is -2.45. The van der Waals surface area contributed by atoms with Crippen LogP contribution in [0.15, 0.2) is 121 Å². The van der Waals surface area contributed by atoms with Crippen molar-refractivity contribution in [3.63, 3.8) is 0 Å². The van der Waals surface area contributed by atoms with Crippen molar-refractivity contribution in [3.05, 3.63) is 144 Å². The molecule has 4 aromatic carbocycles. The molecule has 7 heteroatoms. The molecule has 3 aliphatic rings. The molecule has 0 aromatic heterocycles. The second-order valence-electron chi connectivity index (χ2n) is 12.1. The van der Waals surface area contributed by atoms with Gasteiger partial charge in [-0.15, -0.1) is 4.67 Å². The van der Waals surface area contributed by atoms with Crippen LogP contribution >= 0.6 is 8.09 Å². The second kappa shape index (κ2) is 11.2. The number of rotatable bonds is 5. The molecule has 3 aliphatic heterocycles. The van der Waals surface area contributed by atoms with Gasteiger partial charge in [-0.2, -0.15) is 9.05 Å². The quantitative estimate of drug-likeness (QED) is 0.233. The fourth-order valence-corrected chi connectivity index (χ4v) is 9.42. The highest BCUT2D eigenvalue weighted by molar-refractivity contribution is 7.56. The normalized spacial score (nSPS) is 25.8. The highest BCUT2D eigenvalue weighted by Crippen LogP contribution is 2.71. The first-order valence-corrected chi connectivity index (χ1v) is 16.7. The van der Waals surface area contributed by atoms with E-state index < -0.39 is 37.3 Å². The van der Waals surface area contributed by atoms with Crippen LogP contribution in [0.3, 0.4) is 0 Å². The van der Waals surface area contributed by atoms with Gasteiger partial charge in [0.25, 0.3) is 0 Å². The van der Waals surface area contributed by atoms with Gasteiger partial charge in [-0.05, 0) is 48.9 Å². The van der Waals surface area contributed by atoms with Gasteiger partial charge in [-0.1, -0.05) is 128 Å². The third-order valence-electron chi connectivity index (χ3n) is 8.91. The average Bonchev–Trinajstić information content (AvgIpc) is 3.36. The zero-order valence-electron chi connectivity index (χ0n) is 24.7. The van der Waals surface area contributed by atoms with Gasteiger partial charge in [-0.3, -0.25) is 0 Å². The van der Waals surface area contributed by atoms with Crippen LogP contribution in [0, 0.1) is 0 Å². The summed E-state index contributed by atoms with van der Waals surface area (Å²) in [4.78, 5) is 15.9. The summed E-state index contributed by atoms with van der Waals surface area (Å²) in [5.74, 6) is -0.988. The minimum atomic E-state index is -4.06. The van der Waals surface area contributed by atoms with Crippen molar-refractivity contribution in [2.24, 2.45) is 0 Å². The summed E-state index contributed by atoms with van der Waals surface area (Å²) < 4.78 is 30.4. The molecule has 0 bridgehead atoms. The fraction of sp³-hybridized carbons (Fsp3) is 0.333. The maximum absolute atomic E-state index is 15.9. The first kappa shape index (κ1) is 28.8. The molecule has 222 valence electrons. The van der Waals surface area contributed by atoms with Crippen molar-refractivity contribution in [2.75, 3.05) is 13.1 Å². The zero-order chi connectivity index (χ0) is 29.5. The van der Waals surface area contributed by atoms with Crippen LogP contribution in [0.2, 0.25) is 0 Å². The van der Waals surface area contributed by atoms with E-state index in [9.17, 15) is 0 Å². The van der Waals surface area contributed by atoms with Crippen LogP contribution in [0.25, 0.3) is 0 Å². The van der Waals surface area contributed by atoms with Gasteiger partial charge in [0, 0.05) is 13.1 Å². The van der Waals surface area contributed by atoms with E-state index in [2.05, 4.69) is 0 Å². The van der Waals surface area contributed by atoms with Gasteiger partial charge < -0.3 is 14.4 Å². The highest BCUT2D eigenvalue weighted by Gasteiger charge is 2.72. The maximum atomic E-state index is 15.9. The Kier molecular flexibility index (Phi) is 7.51. The van der Waals surface area contributed by atoms with Crippen LogP contribution in [0.5, 0.6) is 0 Å². The molecular formula is C36H38NO5P. The summed E-state index contributed by atoms with van der Waals surface area (Å²) in [6.07, 6.45) is 1.42. The van der Waals surface area contributed by atoms with Crippen LogP contribution in [-0.2, 0) is 29.7 Å². The van der Waals surface area contributed by atoms with Gasteiger partial charge in [-0.25, -0.2) is 0 Å².